The maximum Gasteiger partial charge on any atom is 0.325 e. The Hall–Kier alpha value is -3.75. The van der Waals surface area contributed by atoms with Gasteiger partial charge in [-0.1, -0.05) is 24.3 Å². The van der Waals surface area contributed by atoms with Crippen LogP contribution in [-0.4, -0.2) is 53.2 Å². The van der Waals surface area contributed by atoms with Crippen molar-refractivity contribution in [1.82, 2.24) is 20.4 Å². The minimum absolute atomic E-state index is 0.0559. The molecule has 0 aromatic heterocycles. The van der Waals surface area contributed by atoms with Gasteiger partial charge in [0.25, 0.3) is 11.8 Å². The molecule has 5 amide bonds. The van der Waals surface area contributed by atoms with Crippen LogP contribution >= 0.6 is 0 Å². The SMILES string of the molecule is CNC(=O)c1ccc(CN(C(=O)CN2C(=O)NC(C)(c3ccc(F)cc3)C2=O)C2CC2)cc1. The summed E-state index contributed by atoms with van der Waals surface area (Å²) < 4.78 is 13.3. The molecule has 0 bridgehead atoms. The van der Waals surface area contributed by atoms with Gasteiger partial charge in [0.05, 0.1) is 0 Å². The molecule has 0 radical (unpaired) electrons. The second-order valence-corrected chi connectivity index (χ2v) is 8.48. The minimum Gasteiger partial charge on any atom is -0.355 e. The van der Waals surface area contributed by atoms with Gasteiger partial charge in [0.15, 0.2) is 0 Å². The van der Waals surface area contributed by atoms with Crippen LogP contribution in [0, 0.1) is 5.82 Å². The first-order chi connectivity index (χ1) is 15.7. The van der Waals surface area contributed by atoms with E-state index in [0.717, 1.165) is 23.3 Å². The number of hydrogen-bond donors (Lipinski definition) is 2. The molecule has 2 fully saturated rings. The maximum atomic E-state index is 13.3. The van der Waals surface area contributed by atoms with E-state index < -0.39 is 23.3 Å². The summed E-state index contributed by atoms with van der Waals surface area (Å²) in [6.07, 6.45) is 1.71. The summed E-state index contributed by atoms with van der Waals surface area (Å²) in [7, 11) is 1.56. The lowest BCUT2D eigenvalue weighted by atomic mass is 9.92. The molecular weight excluding hydrogens is 427 g/mol. The molecule has 1 aliphatic carbocycles. The molecule has 2 aromatic rings. The van der Waals surface area contributed by atoms with E-state index >= 15 is 0 Å². The second-order valence-electron chi connectivity index (χ2n) is 8.48. The van der Waals surface area contributed by atoms with Gasteiger partial charge >= 0.3 is 6.03 Å². The van der Waals surface area contributed by atoms with Crippen LogP contribution in [0.1, 0.15) is 41.3 Å². The monoisotopic (exact) mass is 452 g/mol. The van der Waals surface area contributed by atoms with Crippen molar-refractivity contribution in [2.24, 2.45) is 0 Å². The van der Waals surface area contributed by atoms with Crippen molar-refractivity contribution in [2.45, 2.75) is 37.9 Å². The van der Waals surface area contributed by atoms with Crippen molar-refractivity contribution in [2.75, 3.05) is 13.6 Å². The minimum atomic E-state index is -1.37. The molecule has 1 atom stereocenters. The Morgan fingerprint density at radius 3 is 2.33 bits per heavy atom. The maximum absolute atomic E-state index is 13.3. The normalized spacial score (nSPS) is 19.9. The third kappa shape index (κ3) is 4.44. The standard InChI is InChI=1S/C24H25FN4O4/c1-24(17-7-9-18(25)10-8-17)22(32)29(23(33)27-24)14-20(30)28(19-11-12-19)13-15-3-5-16(6-4-15)21(31)26-2/h3-10,19H,11-14H2,1-2H3,(H,26,31)(H,27,33). The molecule has 4 rings (SSSR count). The third-order valence-corrected chi connectivity index (χ3v) is 6.09. The Bertz CT molecular complexity index is 1100. The van der Waals surface area contributed by atoms with Crippen LogP contribution in [0.5, 0.6) is 0 Å². The Balaban J connectivity index is 1.47. The highest BCUT2D eigenvalue weighted by Crippen LogP contribution is 2.31. The van der Waals surface area contributed by atoms with Crippen LogP contribution in [0.3, 0.4) is 0 Å². The van der Waals surface area contributed by atoms with Crippen LogP contribution in [0.25, 0.3) is 0 Å². The average molecular weight is 452 g/mol. The molecule has 2 N–H and O–H groups in total. The van der Waals surface area contributed by atoms with Crippen LogP contribution in [-0.2, 0) is 21.7 Å². The molecule has 2 aliphatic rings. The zero-order chi connectivity index (χ0) is 23.8. The Kier molecular flexibility index (Phi) is 5.88. The largest absolute Gasteiger partial charge is 0.355 e. The molecule has 8 nitrogen and oxygen atoms in total. The van der Waals surface area contributed by atoms with Crippen LogP contribution in [0.2, 0.25) is 0 Å². The highest BCUT2D eigenvalue weighted by atomic mass is 19.1. The number of nitrogens with one attached hydrogen (secondary N) is 2. The first kappa shape index (κ1) is 22.4. The summed E-state index contributed by atoms with van der Waals surface area (Å²) in [5, 5.41) is 5.19. The number of carbonyl (C=O) groups is 4. The van der Waals surface area contributed by atoms with Gasteiger partial charge in [0, 0.05) is 25.2 Å². The fraction of sp³-hybridized carbons (Fsp3) is 0.333. The summed E-state index contributed by atoms with van der Waals surface area (Å²) in [5.41, 5.74) is 0.430. The number of rotatable bonds is 7. The first-order valence-corrected chi connectivity index (χ1v) is 10.7. The summed E-state index contributed by atoms with van der Waals surface area (Å²) >= 11 is 0. The van der Waals surface area contributed by atoms with E-state index in [4.69, 9.17) is 0 Å². The summed E-state index contributed by atoms with van der Waals surface area (Å²) in [4.78, 5) is 53.1. The summed E-state index contributed by atoms with van der Waals surface area (Å²) in [5.74, 6) is -1.54. The molecule has 1 unspecified atom stereocenters. The number of amides is 5. The fourth-order valence-corrected chi connectivity index (χ4v) is 3.96. The number of carbonyl (C=O) groups excluding carboxylic acids is 4. The van der Waals surface area contributed by atoms with E-state index in [1.54, 1.807) is 36.2 Å². The Morgan fingerprint density at radius 2 is 1.76 bits per heavy atom. The van der Waals surface area contributed by atoms with Gasteiger partial charge < -0.3 is 15.5 Å². The first-order valence-electron chi connectivity index (χ1n) is 10.7. The number of halogens is 1. The van der Waals surface area contributed by atoms with Gasteiger partial charge in [-0.2, -0.15) is 0 Å². The number of imide groups is 1. The molecular formula is C24H25FN4O4. The lowest BCUT2D eigenvalue weighted by Gasteiger charge is -2.25. The van der Waals surface area contributed by atoms with E-state index in [1.807, 2.05) is 0 Å². The topological polar surface area (TPSA) is 98.8 Å². The number of benzene rings is 2. The lowest BCUT2D eigenvalue weighted by molar-refractivity contribution is -0.139. The molecule has 1 saturated carbocycles. The highest BCUT2D eigenvalue weighted by molar-refractivity contribution is 6.09. The summed E-state index contributed by atoms with van der Waals surface area (Å²) in [6, 6.07) is 11.7. The van der Waals surface area contributed by atoms with Gasteiger partial charge in [0.1, 0.15) is 17.9 Å². The van der Waals surface area contributed by atoms with Crippen molar-refractivity contribution < 1.29 is 23.6 Å². The Morgan fingerprint density at radius 1 is 1.12 bits per heavy atom. The number of hydrogen-bond acceptors (Lipinski definition) is 4. The zero-order valence-corrected chi connectivity index (χ0v) is 18.4. The predicted molar refractivity (Wildman–Crippen MR) is 117 cm³/mol. The molecule has 0 spiro atoms. The van der Waals surface area contributed by atoms with Gasteiger partial charge in [-0.3, -0.25) is 19.3 Å². The van der Waals surface area contributed by atoms with Crippen molar-refractivity contribution in [3.8, 4) is 0 Å². The summed E-state index contributed by atoms with van der Waals surface area (Å²) in [6.45, 7) is 1.47. The van der Waals surface area contributed by atoms with Crippen molar-refractivity contribution in [1.29, 1.82) is 0 Å². The van der Waals surface area contributed by atoms with Gasteiger partial charge in [-0.25, -0.2) is 9.18 Å². The van der Waals surface area contributed by atoms with Crippen molar-refractivity contribution in [3.05, 3.63) is 71.0 Å². The average Bonchev–Trinajstić information content (AvgIpc) is 3.62. The van der Waals surface area contributed by atoms with E-state index in [0.29, 0.717) is 17.7 Å². The molecule has 172 valence electrons. The van der Waals surface area contributed by atoms with Crippen LogP contribution in [0.15, 0.2) is 48.5 Å². The quantitative estimate of drug-likeness (QED) is 0.629. The zero-order valence-electron chi connectivity index (χ0n) is 18.4. The van der Waals surface area contributed by atoms with Gasteiger partial charge in [-0.15, -0.1) is 0 Å². The van der Waals surface area contributed by atoms with Crippen molar-refractivity contribution >= 4 is 23.8 Å². The van der Waals surface area contributed by atoms with E-state index in [1.165, 1.54) is 31.2 Å². The molecule has 1 aliphatic heterocycles. The lowest BCUT2D eigenvalue weighted by Crippen LogP contribution is -2.45. The smallest absolute Gasteiger partial charge is 0.325 e. The highest BCUT2D eigenvalue weighted by Gasteiger charge is 2.50. The molecule has 1 heterocycles. The fourth-order valence-electron chi connectivity index (χ4n) is 3.96. The molecule has 1 saturated heterocycles. The van der Waals surface area contributed by atoms with E-state index in [2.05, 4.69) is 10.6 Å². The second kappa shape index (κ2) is 8.65. The number of nitrogens with zero attached hydrogens (tertiary/aromatic N) is 2. The molecule has 33 heavy (non-hydrogen) atoms. The van der Waals surface area contributed by atoms with Crippen LogP contribution < -0.4 is 10.6 Å². The van der Waals surface area contributed by atoms with Crippen LogP contribution in [0.4, 0.5) is 9.18 Å². The Labute approximate surface area is 190 Å². The van der Waals surface area contributed by atoms with Crippen molar-refractivity contribution in [3.63, 3.8) is 0 Å². The molecule has 2 aromatic carbocycles. The van der Waals surface area contributed by atoms with E-state index in [-0.39, 0.29) is 24.4 Å². The predicted octanol–water partition coefficient (Wildman–Crippen LogP) is 2.14. The number of urea groups is 1. The van der Waals surface area contributed by atoms with Gasteiger partial charge in [0.2, 0.25) is 5.91 Å². The third-order valence-electron chi connectivity index (χ3n) is 6.09. The molecule has 9 heteroatoms. The van der Waals surface area contributed by atoms with Gasteiger partial charge in [-0.05, 0) is 55.2 Å². The van der Waals surface area contributed by atoms with E-state index in [9.17, 15) is 23.6 Å².